The third-order valence-corrected chi connectivity index (χ3v) is 5.35. The number of pyridine rings is 1. The van der Waals surface area contributed by atoms with Crippen molar-refractivity contribution in [3.8, 4) is 17.3 Å². The van der Waals surface area contributed by atoms with Crippen molar-refractivity contribution in [2.24, 2.45) is 0 Å². The zero-order chi connectivity index (χ0) is 23.4. The van der Waals surface area contributed by atoms with Crippen molar-refractivity contribution in [2.75, 3.05) is 18.0 Å². The fraction of sp³-hybridized carbons (Fsp3) is 0.261. The van der Waals surface area contributed by atoms with Crippen LogP contribution in [0.4, 0.5) is 19.0 Å². The molecule has 1 aromatic carbocycles. The van der Waals surface area contributed by atoms with E-state index in [1.54, 1.807) is 29.2 Å². The summed E-state index contributed by atoms with van der Waals surface area (Å²) in [6.07, 6.45) is -0.696. The molecule has 0 bridgehead atoms. The van der Waals surface area contributed by atoms with Gasteiger partial charge in [0.1, 0.15) is 11.9 Å². The van der Waals surface area contributed by atoms with Crippen LogP contribution in [0.1, 0.15) is 23.4 Å². The quantitative estimate of drug-likeness (QED) is 0.616. The van der Waals surface area contributed by atoms with Crippen LogP contribution in [0.25, 0.3) is 11.3 Å². The van der Waals surface area contributed by atoms with Crippen LogP contribution in [0, 0.1) is 11.3 Å². The first-order valence-corrected chi connectivity index (χ1v) is 10.3. The first-order chi connectivity index (χ1) is 15.8. The summed E-state index contributed by atoms with van der Waals surface area (Å²) in [5.74, 6) is -1.46. The number of hydrogen-bond acceptors (Lipinski definition) is 6. The van der Waals surface area contributed by atoms with E-state index in [0.717, 1.165) is 5.56 Å². The number of amides is 1. The van der Waals surface area contributed by atoms with Gasteiger partial charge in [0, 0.05) is 37.1 Å². The molecule has 0 unspecified atom stereocenters. The second kappa shape index (κ2) is 9.24. The number of halogens is 3. The normalized spacial score (nSPS) is 15.5. The molecule has 0 spiro atoms. The van der Waals surface area contributed by atoms with Crippen molar-refractivity contribution in [1.82, 2.24) is 20.3 Å². The van der Waals surface area contributed by atoms with Crippen molar-refractivity contribution in [3.63, 3.8) is 0 Å². The number of alkyl halides is 3. The molecule has 1 N–H and O–H groups in total. The Kier molecular flexibility index (Phi) is 6.22. The van der Waals surface area contributed by atoms with Gasteiger partial charge >= 0.3 is 6.18 Å². The molecule has 3 aromatic rings. The van der Waals surface area contributed by atoms with Gasteiger partial charge in [-0.1, -0.05) is 12.1 Å². The minimum Gasteiger partial charge on any atom is -0.354 e. The first kappa shape index (κ1) is 22.2. The summed E-state index contributed by atoms with van der Waals surface area (Å²) in [5, 5.41) is 11.7. The number of benzene rings is 1. The van der Waals surface area contributed by atoms with Crippen LogP contribution in [0.15, 0.2) is 54.9 Å². The number of aromatic nitrogens is 3. The average molecular weight is 452 g/mol. The second-order valence-electron chi connectivity index (χ2n) is 7.52. The highest BCUT2D eigenvalue weighted by molar-refractivity contribution is 5.87. The highest BCUT2D eigenvalue weighted by Gasteiger charge is 2.39. The summed E-state index contributed by atoms with van der Waals surface area (Å²) in [6.45, 7) is 0.784. The van der Waals surface area contributed by atoms with E-state index in [0.29, 0.717) is 37.1 Å². The van der Waals surface area contributed by atoms with Gasteiger partial charge in [-0.25, -0.2) is 9.97 Å². The van der Waals surface area contributed by atoms with Crippen LogP contribution in [-0.4, -0.2) is 40.0 Å². The molecule has 168 valence electrons. The second-order valence-corrected chi connectivity index (χ2v) is 7.52. The van der Waals surface area contributed by atoms with Crippen molar-refractivity contribution < 1.29 is 18.0 Å². The van der Waals surface area contributed by atoms with Crippen molar-refractivity contribution in [3.05, 3.63) is 71.8 Å². The number of nitrogens with one attached hydrogen (secondary N) is 1. The number of hydrogen-bond donors (Lipinski definition) is 1. The Morgan fingerprint density at radius 1 is 1.15 bits per heavy atom. The van der Waals surface area contributed by atoms with Gasteiger partial charge in [-0.2, -0.15) is 18.4 Å². The number of anilines is 1. The van der Waals surface area contributed by atoms with E-state index >= 15 is 0 Å². The molecule has 33 heavy (non-hydrogen) atoms. The highest BCUT2D eigenvalue weighted by atomic mass is 19.4. The molecule has 1 amide bonds. The Hall–Kier alpha value is -4.00. The molecular weight excluding hydrogens is 433 g/mol. The SMILES string of the molecule is N#Cc1ccc(CCNC(=O)[C@@H]2CCN2c2cc(-c3ccncc3)nc(C(F)(F)F)n2)cc1. The summed E-state index contributed by atoms with van der Waals surface area (Å²) in [6, 6.07) is 13.1. The third-order valence-electron chi connectivity index (χ3n) is 5.35. The fourth-order valence-electron chi connectivity index (χ4n) is 3.51. The van der Waals surface area contributed by atoms with Gasteiger partial charge in [-0.15, -0.1) is 0 Å². The smallest absolute Gasteiger partial charge is 0.354 e. The molecule has 1 aliphatic heterocycles. The van der Waals surface area contributed by atoms with Crippen LogP contribution >= 0.6 is 0 Å². The number of carbonyl (C=O) groups excluding carboxylic acids is 1. The van der Waals surface area contributed by atoms with E-state index in [9.17, 15) is 18.0 Å². The standard InChI is InChI=1S/C23H19F3N6O/c24-23(25,26)22-30-18(17-6-9-28-10-7-17)13-20(31-22)32-12-8-19(32)21(33)29-11-5-15-1-3-16(14-27)4-2-15/h1-4,6-7,9-10,13,19H,5,8,11-12H2,(H,29,33)/t19-/m0/s1. The van der Waals surface area contributed by atoms with Gasteiger partial charge in [0.15, 0.2) is 0 Å². The van der Waals surface area contributed by atoms with Gasteiger partial charge in [0.25, 0.3) is 0 Å². The molecule has 1 fully saturated rings. The Morgan fingerprint density at radius 2 is 1.88 bits per heavy atom. The maximum absolute atomic E-state index is 13.4. The molecule has 4 rings (SSSR count). The number of nitriles is 1. The third kappa shape index (κ3) is 5.09. The van der Waals surface area contributed by atoms with Gasteiger partial charge in [0.2, 0.25) is 11.7 Å². The Bertz CT molecular complexity index is 1180. The van der Waals surface area contributed by atoms with Crippen molar-refractivity contribution >= 4 is 11.7 Å². The van der Waals surface area contributed by atoms with Crippen LogP contribution in [0.5, 0.6) is 0 Å². The van der Waals surface area contributed by atoms with Gasteiger partial charge in [-0.3, -0.25) is 9.78 Å². The Balaban J connectivity index is 1.47. The predicted octanol–water partition coefficient (Wildman–Crippen LogP) is 3.37. The van der Waals surface area contributed by atoms with Gasteiger partial charge < -0.3 is 10.2 Å². The Morgan fingerprint density at radius 3 is 2.48 bits per heavy atom. The zero-order valence-electron chi connectivity index (χ0n) is 17.4. The Labute approximate surface area is 187 Å². The van der Waals surface area contributed by atoms with E-state index in [-0.39, 0.29) is 17.4 Å². The summed E-state index contributed by atoms with van der Waals surface area (Å²) < 4.78 is 40.3. The maximum Gasteiger partial charge on any atom is 0.451 e. The summed E-state index contributed by atoms with van der Waals surface area (Å²) in [5.41, 5.74) is 2.11. The molecule has 7 nitrogen and oxygen atoms in total. The van der Waals surface area contributed by atoms with E-state index in [1.807, 2.05) is 18.2 Å². The fourth-order valence-corrected chi connectivity index (χ4v) is 3.51. The predicted molar refractivity (Wildman–Crippen MR) is 114 cm³/mol. The van der Waals surface area contributed by atoms with Crippen LogP contribution < -0.4 is 10.2 Å². The monoisotopic (exact) mass is 452 g/mol. The topological polar surface area (TPSA) is 94.8 Å². The lowest BCUT2D eigenvalue weighted by Gasteiger charge is -2.40. The van der Waals surface area contributed by atoms with Crippen molar-refractivity contribution in [2.45, 2.75) is 25.1 Å². The van der Waals surface area contributed by atoms with Crippen LogP contribution in [0.3, 0.4) is 0 Å². The maximum atomic E-state index is 13.4. The van der Waals surface area contributed by atoms with E-state index in [4.69, 9.17) is 5.26 Å². The van der Waals surface area contributed by atoms with Gasteiger partial charge in [0.05, 0.1) is 17.3 Å². The first-order valence-electron chi connectivity index (χ1n) is 10.3. The minimum absolute atomic E-state index is 0.0580. The molecule has 0 radical (unpaired) electrons. The van der Waals surface area contributed by atoms with E-state index < -0.39 is 18.0 Å². The minimum atomic E-state index is -4.72. The van der Waals surface area contributed by atoms with E-state index in [2.05, 4.69) is 20.3 Å². The molecule has 1 saturated heterocycles. The molecule has 10 heteroatoms. The highest BCUT2D eigenvalue weighted by Crippen LogP contribution is 2.33. The summed E-state index contributed by atoms with van der Waals surface area (Å²) in [4.78, 5) is 25.5. The molecule has 3 heterocycles. The van der Waals surface area contributed by atoms with Gasteiger partial charge in [-0.05, 0) is 42.7 Å². The lowest BCUT2D eigenvalue weighted by molar-refractivity contribution is -0.144. The lowest BCUT2D eigenvalue weighted by Crippen LogP contribution is -2.57. The molecule has 1 atom stereocenters. The van der Waals surface area contributed by atoms with Crippen LogP contribution in [0.2, 0.25) is 0 Å². The molecule has 0 saturated carbocycles. The number of nitrogens with zero attached hydrogens (tertiary/aromatic N) is 5. The largest absolute Gasteiger partial charge is 0.451 e. The molecule has 2 aromatic heterocycles. The zero-order valence-corrected chi connectivity index (χ0v) is 17.4. The van der Waals surface area contributed by atoms with Crippen molar-refractivity contribution in [1.29, 1.82) is 5.26 Å². The summed E-state index contributed by atoms with van der Waals surface area (Å²) in [7, 11) is 0. The van der Waals surface area contributed by atoms with E-state index in [1.165, 1.54) is 18.5 Å². The van der Waals surface area contributed by atoms with Crippen LogP contribution in [-0.2, 0) is 17.4 Å². The number of carbonyl (C=O) groups is 1. The summed E-state index contributed by atoms with van der Waals surface area (Å²) >= 11 is 0. The average Bonchev–Trinajstić information content (AvgIpc) is 2.78. The molecular formula is C23H19F3N6O. The molecule has 0 aliphatic carbocycles. The number of rotatable bonds is 6. The molecule has 1 aliphatic rings. The lowest BCUT2D eigenvalue weighted by atomic mass is 10.0.